The largest absolute Gasteiger partial charge is 0.480 e. The topological polar surface area (TPSA) is 66.4 Å². The second-order valence-electron chi connectivity index (χ2n) is 4.44. The molecule has 1 aromatic rings. The van der Waals surface area contributed by atoms with Crippen LogP contribution in [0.1, 0.15) is 35.7 Å². The molecule has 4 nitrogen and oxygen atoms in total. The van der Waals surface area contributed by atoms with Gasteiger partial charge in [0.05, 0.1) is 0 Å². The number of carbonyl (C=O) groups is 2. The second-order valence-corrected chi connectivity index (χ2v) is 4.44. The van der Waals surface area contributed by atoms with E-state index < -0.39 is 30.8 Å². The first kappa shape index (κ1) is 16.1. The first-order valence-electron chi connectivity index (χ1n) is 6.34. The molecule has 0 heterocycles. The molecular formula is C14H17F2NO3. The number of nitrogens with one attached hydrogen (secondary N) is 1. The van der Waals surface area contributed by atoms with Gasteiger partial charge in [-0.25, -0.2) is 13.6 Å². The van der Waals surface area contributed by atoms with Crippen molar-refractivity contribution in [3.05, 3.63) is 35.4 Å². The quantitative estimate of drug-likeness (QED) is 0.808. The van der Waals surface area contributed by atoms with Gasteiger partial charge < -0.3 is 10.4 Å². The Balaban J connectivity index is 2.70. The minimum absolute atomic E-state index is 0.255. The highest BCUT2D eigenvalue weighted by molar-refractivity contribution is 5.96. The molecule has 0 saturated carbocycles. The Morgan fingerprint density at radius 1 is 1.25 bits per heavy atom. The number of aliphatic carboxylic acids is 1. The average molecular weight is 285 g/mol. The van der Waals surface area contributed by atoms with Crippen molar-refractivity contribution in [2.75, 3.05) is 0 Å². The van der Waals surface area contributed by atoms with Gasteiger partial charge in [0.2, 0.25) is 6.43 Å². The normalized spacial score (nSPS) is 12.2. The molecule has 6 heteroatoms. The molecule has 0 aliphatic carbocycles. The van der Waals surface area contributed by atoms with Crippen molar-refractivity contribution >= 4 is 11.9 Å². The van der Waals surface area contributed by atoms with Crippen LogP contribution in [0.25, 0.3) is 0 Å². The molecule has 1 atom stereocenters. The Bertz CT molecular complexity index is 460. The van der Waals surface area contributed by atoms with Crippen molar-refractivity contribution in [1.82, 2.24) is 5.32 Å². The summed E-state index contributed by atoms with van der Waals surface area (Å²) in [6.45, 7) is 2.03. The zero-order valence-electron chi connectivity index (χ0n) is 11.1. The van der Waals surface area contributed by atoms with Crippen molar-refractivity contribution in [3.8, 4) is 0 Å². The van der Waals surface area contributed by atoms with Crippen molar-refractivity contribution in [2.24, 2.45) is 0 Å². The highest BCUT2D eigenvalue weighted by Crippen LogP contribution is 2.09. The molecule has 1 unspecified atom stereocenters. The van der Waals surface area contributed by atoms with Gasteiger partial charge in [-0.05, 0) is 24.1 Å². The van der Waals surface area contributed by atoms with Crippen LogP contribution in [0.3, 0.4) is 0 Å². The molecule has 0 spiro atoms. The van der Waals surface area contributed by atoms with Crippen LogP contribution < -0.4 is 5.32 Å². The molecule has 0 bridgehead atoms. The van der Waals surface area contributed by atoms with Gasteiger partial charge in [0.1, 0.15) is 6.04 Å². The van der Waals surface area contributed by atoms with Gasteiger partial charge in [-0.2, -0.15) is 0 Å². The summed E-state index contributed by atoms with van der Waals surface area (Å²) in [5.41, 5.74) is 1.32. The number of alkyl halides is 2. The van der Waals surface area contributed by atoms with E-state index in [0.29, 0.717) is 0 Å². The highest BCUT2D eigenvalue weighted by Gasteiger charge is 2.24. The molecule has 0 saturated heterocycles. The molecule has 1 aromatic carbocycles. The fourth-order valence-electron chi connectivity index (χ4n) is 1.75. The van der Waals surface area contributed by atoms with Gasteiger partial charge >= 0.3 is 5.97 Å². The maximum atomic E-state index is 12.2. The van der Waals surface area contributed by atoms with E-state index in [1.54, 1.807) is 24.3 Å². The first-order chi connectivity index (χ1) is 9.43. The summed E-state index contributed by atoms with van der Waals surface area (Å²) in [6, 6.07) is 5.06. The van der Waals surface area contributed by atoms with E-state index in [0.717, 1.165) is 18.4 Å². The van der Waals surface area contributed by atoms with E-state index >= 15 is 0 Å². The Labute approximate surface area is 115 Å². The Morgan fingerprint density at radius 3 is 2.30 bits per heavy atom. The summed E-state index contributed by atoms with van der Waals surface area (Å²) >= 11 is 0. The molecule has 0 radical (unpaired) electrons. The third kappa shape index (κ3) is 4.95. The lowest BCUT2D eigenvalue weighted by molar-refractivity contribution is -0.140. The molecule has 20 heavy (non-hydrogen) atoms. The molecule has 0 aliphatic rings. The predicted octanol–water partition coefficient (Wildman–Crippen LogP) is 2.48. The average Bonchev–Trinajstić information content (AvgIpc) is 2.38. The van der Waals surface area contributed by atoms with E-state index in [1.165, 1.54) is 0 Å². The minimum atomic E-state index is -2.79. The number of benzene rings is 1. The van der Waals surface area contributed by atoms with Crippen LogP contribution in [0.4, 0.5) is 8.78 Å². The van der Waals surface area contributed by atoms with E-state index in [2.05, 4.69) is 5.32 Å². The van der Waals surface area contributed by atoms with Gasteiger partial charge in [0.25, 0.3) is 5.91 Å². The third-order valence-electron chi connectivity index (χ3n) is 2.77. The lowest BCUT2D eigenvalue weighted by atomic mass is 10.1. The summed E-state index contributed by atoms with van der Waals surface area (Å²) < 4.78 is 24.4. The summed E-state index contributed by atoms with van der Waals surface area (Å²) in [4.78, 5) is 22.6. The van der Waals surface area contributed by atoms with Gasteiger partial charge in [-0.3, -0.25) is 4.79 Å². The number of amides is 1. The van der Waals surface area contributed by atoms with E-state index in [9.17, 15) is 18.4 Å². The van der Waals surface area contributed by atoms with Gasteiger partial charge in [0, 0.05) is 12.0 Å². The van der Waals surface area contributed by atoms with Crippen molar-refractivity contribution in [2.45, 2.75) is 38.7 Å². The van der Waals surface area contributed by atoms with Crippen LogP contribution in [0.2, 0.25) is 0 Å². The maximum Gasteiger partial charge on any atom is 0.326 e. The van der Waals surface area contributed by atoms with E-state index in [-0.39, 0.29) is 5.56 Å². The number of hydrogen-bond donors (Lipinski definition) is 2. The van der Waals surface area contributed by atoms with Crippen LogP contribution in [-0.4, -0.2) is 29.5 Å². The third-order valence-corrected chi connectivity index (χ3v) is 2.77. The fourth-order valence-corrected chi connectivity index (χ4v) is 1.75. The Kier molecular flexibility index (Phi) is 6.09. The number of carboxylic acids is 1. The number of rotatable bonds is 7. The lowest BCUT2D eigenvalue weighted by Crippen LogP contribution is -2.42. The fraction of sp³-hybridized carbons (Fsp3) is 0.429. The van der Waals surface area contributed by atoms with Crippen molar-refractivity contribution in [1.29, 1.82) is 0 Å². The standard InChI is InChI=1S/C14H17F2NO3/c1-2-3-9-4-6-10(7-5-9)13(18)17-11(14(19)20)8-12(15)16/h4-7,11-12H,2-3,8H2,1H3,(H,17,18)(H,19,20). The van der Waals surface area contributed by atoms with Gasteiger partial charge in [-0.1, -0.05) is 25.5 Å². The van der Waals surface area contributed by atoms with E-state index in [1.807, 2.05) is 6.92 Å². The molecule has 1 rings (SSSR count). The zero-order valence-corrected chi connectivity index (χ0v) is 11.1. The van der Waals surface area contributed by atoms with Crippen LogP contribution in [0.5, 0.6) is 0 Å². The molecule has 0 fully saturated rings. The molecule has 1 amide bonds. The van der Waals surface area contributed by atoms with Crippen LogP contribution >= 0.6 is 0 Å². The van der Waals surface area contributed by atoms with Crippen LogP contribution in [-0.2, 0) is 11.2 Å². The number of aryl methyl sites for hydroxylation is 1. The van der Waals surface area contributed by atoms with Crippen LogP contribution in [0, 0.1) is 0 Å². The second kappa shape index (κ2) is 7.57. The molecular weight excluding hydrogens is 268 g/mol. The molecule has 110 valence electrons. The SMILES string of the molecule is CCCc1ccc(C(=O)NC(CC(F)F)C(=O)O)cc1. The first-order valence-corrected chi connectivity index (χ1v) is 6.34. The number of carboxylic acid groups (broad SMARTS) is 1. The molecule has 0 aromatic heterocycles. The smallest absolute Gasteiger partial charge is 0.326 e. The minimum Gasteiger partial charge on any atom is -0.480 e. The van der Waals surface area contributed by atoms with E-state index in [4.69, 9.17) is 5.11 Å². The van der Waals surface area contributed by atoms with Crippen LogP contribution in [0.15, 0.2) is 24.3 Å². The number of hydrogen-bond acceptors (Lipinski definition) is 2. The summed E-state index contributed by atoms with van der Waals surface area (Å²) in [7, 11) is 0. The van der Waals surface area contributed by atoms with Crippen molar-refractivity contribution in [3.63, 3.8) is 0 Å². The molecule has 0 aliphatic heterocycles. The summed E-state index contributed by atoms with van der Waals surface area (Å²) in [6.07, 6.45) is -1.84. The zero-order chi connectivity index (χ0) is 15.1. The Hall–Kier alpha value is -1.98. The Morgan fingerprint density at radius 2 is 1.85 bits per heavy atom. The highest BCUT2D eigenvalue weighted by atomic mass is 19.3. The monoisotopic (exact) mass is 285 g/mol. The number of carbonyl (C=O) groups excluding carboxylic acids is 1. The summed E-state index contributed by atoms with van der Waals surface area (Å²) in [5.74, 6) is -2.14. The van der Waals surface area contributed by atoms with Crippen molar-refractivity contribution < 1.29 is 23.5 Å². The number of halogens is 2. The summed E-state index contributed by atoms with van der Waals surface area (Å²) in [5, 5.41) is 10.9. The van der Waals surface area contributed by atoms with Gasteiger partial charge in [-0.15, -0.1) is 0 Å². The van der Waals surface area contributed by atoms with Gasteiger partial charge in [0.15, 0.2) is 0 Å². The lowest BCUT2D eigenvalue weighted by Gasteiger charge is -2.14. The maximum absolute atomic E-state index is 12.2. The predicted molar refractivity (Wildman–Crippen MR) is 69.9 cm³/mol. The molecule has 2 N–H and O–H groups in total.